The third-order valence-electron chi connectivity index (χ3n) is 16.1. The van der Waals surface area contributed by atoms with Crippen molar-refractivity contribution in [3.05, 3.63) is 111 Å². The monoisotopic (exact) mass is 1040 g/mol. The molecule has 2 atom stereocenters. The Bertz CT molecular complexity index is 2810. The molecule has 15 nitrogen and oxygen atoms in total. The van der Waals surface area contributed by atoms with Gasteiger partial charge in [0.15, 0.2) is 5.67 Å². The molecule has 5 aliphatic rings. The Hall–Kier alpha value is -6.14. The molecule has 5 fully saturated rings. The summed E-state index contributed by atoms with van der Waals surface area (Å²) in [6.45, 7) is 9.10. The maximum Gasteiger partial charge on any atom is 0.272 e. The first-order valence-electron chi connectivity index (χ1n) is 27.0. The third kappa shape index (κ3) is 12.3. The number of hydrogen-bond acceptors (Lipinski definition) is 9. The number of piperidine rings is 3. The molecule has 1 aliphatic carbocycles. The molecule has 75 heavy (non-hydrogen) atoms. The Labute approximate surface area is 436 Å². The molecule has 4 aromatic rings. The molecule has 2 N–H and O–H groups in total. The predicted molar refractivity (Wildman–Crippen MR) is 276 cm³/mol. The van der Waals surface area contributed by atoms with Crippen molar-refractivity contribution in [2.75, 3.05) is 72.0 Å². The zero-order valence-electron chi connectivity index (χ0n) is 43.5. The number of nitrogens with zero attached hydrogens (tertiary/aromatic N) is 6. The molecule has 3 aromatic carbocycles. The summed E-state index contributed by atoms with van der Waals surface area (Å²) < 4.78 is 54.8. The standard InChI is InChI=1S/C57H71F3N8O7/c1-56(2,3)55(74)68-24-10-23-57(60,36-68)45-16-9-15-43(49(45)59)51(70)61-50(38-11-5-4-6-12-38)54(73)66-27-21-40(22-28-66)75-39-19-25-64(26-20-39)35-48(69)65-29-31-67(32-30-65)53(72)44-33-37(17-18-46(44)58)34-47-41-13-7-8-14-42(41)52(71)63-62-47/h7-9,13-18,33,38-40,50H,4-6,10-12,19-32,34-36H2,1-3H3,(H,61,70)(H,63,71)/t50-,57+/m1/s1. The van der Waals surface area contributed by atoms with E-state index in [4.69, 9.17) is 4.74 Å². The number of halogens is 3. The largest absolute Gasteiger partial charge is 0.375 e. The molecule has 5 amide bonds. The second-order valence-electron chi connectivity index (χ2n) is 22.4. The molecule has 402 valence electrons. The highest BCUT2D eigenvalue weighted by Gasteiger charge is 2.44. The average Bonchev–Trinajstić information content (AvgIpc) is 3.42. The van der Waals surface area contributed by atoms with Crippen LogP contribution in [0.5, 0.6) is 0 Å². The van der Waals surface area contributed by atoms with Gasteiger partial charge in [0.2, 0.25) is 17.7 Å². The van der Waals surface area contributed by atoms with E-state index >= 15 is 13.2 Å². The Balaban J connectivity index is 0.723. The van der Waals surface area contributed by atoms with E-state index < -0.39 is 40.6 Å². The summed E-state index contributed by atoms with van der Waals surface area (Å²) in [5, 5.41) is 10.8. The van der Waals surface area contributed by atoms with Crippen molar-refractivity contribution in [3.8, 4) is 0 Å². The van der Waals surface area contributed by atoms with Crippen LogP contribution in [0.3, 0.4) is 0 Å². The first-order valence-corrected chi connectivity index (χ1v) is 27.0. The molecule has 5 heterocycles. The number of aromatic amines is 1. The summed E-state index contributed by atoms with van der Waals surface area (Å²) in [6.07, 6.45) is 7.74. The van der Waals surface area contributed by atoms with Crippen molar-refractivity contribution in [1.29, 1.82) is 0 Å². The number of carbonyl (C=O) groups excluding carboxylic acids is 5. The van der Waals surface area contributed by atoms with E-state index in [-0.39, 0.29) is 97.1 Å². The van der Waals surface area contributed by atoms with Crippen LogP contribution in [0, 0.1) is 23.0 Å². The quantitative estimate of drug-likeness (QED) is 0.156. The number of alkyl halides is 1. The minimum Gasteiger partial charge on any atom is -0.375 e. The summed E-state index contributed by atoms with van der Waals surface area (Å²) in [4.78, 5) is 89.5. The Morgan fingerprint density at radius 3 is 2.11 bits per heavy atom. The van der Waals surface area contributed by atoms with Gasteiger partial charge in [0.05, 0.1) is 47.5 Å². The van der Waals surface area contributed by atoms with E-state index in [2.05, 4.69) is 20.4 Å². The van der Waals surface area contributed by atoms with Gasteiger partial charge in [-0.15, -0.1) is 0 Å². The molecule has 1 saturated carbocycles. The number of nitrogens with one attached hydrogen (secondary N) is 2. The lowest BCUT2D eigenvalue weighted by Crippen LogP contribution is -2.55. The average molecular weight is 1040 g/mol. The number of fused-ring (bicyclic) bond motifs is 1. The zero-order valence-corrected chi connectivity index (χ0v) is 43.5. The van der Waals surface area contributed by atoms with Gasteiger partial charge in [-0.05, 0) is 87.1 Å². The number of aromatic nitrogens is 2. The predicted octanol–water partition coefficient (Wildman–Crippen LogP) is 6.76. The highest BCUT2D eigenvalue weighted by atomic mass is 19.1. The van der Waals surface area contributed by atoms with Crippen LogP contribution in [0.25, 0.3) is 10.8 Å². The molecule has 0 unspecified atom stereocenters. The van der Waals surface area contributed by atoms with Crippen LogP contribution in [0.1, 0.15) is 129 Å². The second-order valence-corrected chi connectivity index (χ2v) is 22.4. The molecule has 9 rings (SSSR count). The van der Waals surface area contributed by atoms with E-state index in [1.165, 1.54) is 35.2 Å². The molecule has 18 heteroatoms. The fourth-order valence-corrected chi connectivity index (χ4v) is 11.9. The molecule has 0 radical (unpaired) electrons. The lowest BCUT2D eigenvalue weighted by atomic mass is 9.82. The second kappa shape index (κ2) is 23.0. The Morgan fingerprint density at radius 2 is 1.41 bits per heavy atom. The van der Waals surface area contributed by atoms with E-state index in [0.29, 0.717) is 87.1 Å². The minimum absolute atomic E-state index is 0.00319. The van der Waals surface area contributed by atoms with Crippen LogP contribution in [0.2, 0.25) is 0 Å². The van der Waals surface area contributed by atoms with Crippen LogP contribution in [0.4, 0.5) is 13.2 Å². The number of ether oxygens (including phenoxy) is 1. The molecule has 0 bridgehead atoms. The number of amides is 5. The fraction of sp³-hybridized carbons (Fsp3) is 0.561. The van der Waals surface area contributed by atoms with Crippen LogP contribution in [0.15, 0.2) is 65.5 Å². The van der Waals surface area contributed by atoms with Crippen LogP contribution >= 0.6 is 0 Å². The minimum atomic E-state index is -2.17. The summed E-state index contributed by atoms with van der Waals surface area (Å²) >= 11 is 0. The van der Waals surface area contributed by atoms with E-state index in [9.17, 15) is 28.8 Å². The van der Waals surface area contributed by atoms with Crippen molar-refractivity contribution in [1.82, 2.24) is 40.0 Å². The van der Waals surface area contributed by atoms with Gasteiger partial charge < -0.3 is 29.7 Å². The highest BCUT2D eigenvalue weighted by molar-refractivity contribution is 5.98. The molecule has 4 saturated heterocycles. The molecule has 4 aliphatic heterocycles. The van der Waals surface area contributed by atoms with Crippen LogP contribution < -0.4 is 10.9 Å². The van der Waals surface area contributed by atoms with E-state index in [0.717, 1.165) is 44.9 Å². The smallest absolute Gasteiger partial charge is 0.272 e. The molecular weight excluding hydrogens is 966 g/mol. The van der Waals surface area contributed by atoms with Gasteiger partial charge in [-0.25, -0.2) is 18.3 Å². The van der Waals surface area contributed by atoms with Crippen molar-refractivity contribution < 1.29 is 41.9 Å². The Morgan fingerprint density at radius 1 is 0.747 bits per heavy atom. The number of likely N-dealkylation sites (tertiary alicyclic amines) is 3. The van der Waals surface area contributed by atoms with Crippen molar-refractivity contribution in [2.24, 2.45) is 11.3 Å². The maximum atomic E-state index is 16.7. The molecule has 0 spiro atoms. The van der Waals surface area contributed by atoms with Gasteiger partial charge >= 0.3 is 0 Å². The lowest BCUT2D eigenvalue weighted by Gasteiger charge is -2.40. The zero-order chi connectivity index (χ0) is 53.0. The van der Waals surface area contributed by atoms with Gasteiger partial charge in [-0.2, -0.15) is 5.10 Å². The van der Waals surface area contributed by atoms with E-state index in [1.807, 2.05) is 12.1 Å². The van der Waals surface area contributed by atoms with Gasteiger partial charge in [0.1, 0.15) is 17.7 Å². The maximum absolute atomic E-state index is 16.7. The first kappa shape index (κ1) is 53.7. The van der Waals surface area contributed by atoms with Crippen molar-refractivity contribution >= 4 is 40.3 Å². The number of carbonyl (C=O) groups is 5. The molecular formula is C57H71F3N8O7. The Kier molecular flexibility index (Phi) is 16.5. The van der Waals surface area contributed by atoms with Gasteiger partial charge in [0, 0.05) is 81.7 Å². The van der Waals surface area contributed by atoms with Crippen LogP contribution in [-0.4, -0.2) is 154 Å². The van der Waals surface area contributed by atoms with Crippen molar-refractivity contribution in [2.45, 2.75) is 122 Å². The van der Waals surface area contributed by atoms with Gasteiger partial charge in [-0.3, -0.25) is 33.7 Å². The number of H-pyrrole nitrogens is 1. The third-order valence-corrected chi connectivity index (χ3v) is 16.1. The first-order chi connectivity index (χ1) is 36.0. The van der Waals surface area contributed by atoms with Gasteiger partial charge in [-0.1, -0.05) is 76.4 Å². The fourth-order valence-electron chi connectivity index (χ4n) is 11.9. The lowest BCUT2D eigenvalue weighted by molar-refractivity contribution is -0.144. The summed E-state index contributed by atoms with van der Waals surface area (Å²) in [5.74, 6) is -3.36. The van der Waals surface area contributed by atoms with Gasteiger partial charge in [0.25, 0.3) is 17.4 Å². The molecule has 1 aromatic heterocycles. The highest BCUT2D eigenvalue weighted by Crippen LogP contribution is 2.39. The number of rotatable bonds is 12. The topological polar surface area (TPSA) is 169 Å². The number of piperazine rings is 1. The normalized spacial score (nSPS) is 21.3. The summed E-state index contributed by atoms with van der Waals surface area (Å²) in [7, 11) is 0. The summed E-state index contributed by atoms with van der Waals surface area (Å²) in [5.41, 5.74) is -2.54. The number of benzene rings is 3. The van der Waals surface area contributed by atoms with Crippen LogP contribution in [-0.2, 0) is 31.2 Å². The summed E-state index contributed by atoms with van der Waals surface area (Å²) in [6, 6.07) is 14.8. The van der Waals surface area contributed by atoms with Crippen molar-refractivity contribution in [3.63, 3.8) is 0 Å². The number of hydrogen-bond donors (Lipinski definition) is 2. The van der Waals surface area contributed by atoms with E-state index in [1.54, 1.807) is 53.7 Å². The SMILES string of the molecule is CC(C)(C)C(=O)N1CCC[C@@](F)(c2cccc(C(=O)N[C@@H](C(=O)N3CCC(OC4CCN(CC(=O)N5CCN(C(=O)c6cc(Cc7n[nH]c(=O)c8ccccc78)ccc6F)CC5)CC4)CC3)C3CCCCC3)c2F)C1.